The van der Waals surface area contributed by atoms with Gasteiger partial charge >= 0.3 is 5.97 Å². The maximum Gasteiger partial charge on any atom is 0.308 e. The molecule has 0 bridgehead atoms. The molecule has 0 radical (unpaired) electrons. The number of nitrogens with one attached hydrogen (secondary N) is 2. The summed E-state index contributed by atoms with van der Waals surface area (Å²) in [5.41, 5.74) is 1.22. The predicted molar refractivity (Wildman–Crippen MR) is 92.3 cm³/mol. The zero-order valence-corrected chi connectivity index (χ0v) is 15.0. The second-order valence-electron chi connectivity index (χ2n) is 6.68. The van der Waals surface area contributed by atoms with E-state index in [2.05, 4.69) is 15.4 Å². The Kier molecular flexibility index (Phi) is 5.66. The fourth-order valence-corrected chi connectivity index (χ4v) is 2.69. The van der Waals surface area contributed by atoms with Crippen molar-refractivity contribution >= 4 is 23.5 Å². The average molecular weight is 348 g/mol. The van der Waals surface area contributed by atoms with Gasteiger partial charge in [-0.15, -0.1) is 0 Å². The number of fused-ring (bicyclic) bond motifs is 1. The summed E-state index contributed by atoms with van der Waals surface area (Å²) in [7, 11) is 1.23. The molecule has 0 aliphatic carbocycles. The number of methoxy groups -OCH3 is 1. The first kappa shape index (κ1) is 18.8. The van der Waals surface area contributed by atoms with E-state index in [1.807, 2.05) is 26.0 Å². The molecule has 2 rings (SSSR count). The number of hydrogen-bond donors (Lipinski definition) is 2. The van der Waals surface area contributed by atoms with E-state index in [1.54, 1.807) is 6.07 Å². The molecule has 25 heavy (non-hydrogen) atoms. The molecule has 2 amide bonds. The highest BCUT2D eigenvalue weighted by Gasteiger charge is 2.30. The van der Waals surface area contributed by atoms with Crippen molar-refractivity contribution in [3.05, 3.63) is 23.8 Å². The van der Waals surface area contributed by atoms with E-state index in [0.29, 0.717) is 11.4 Å². The van der Waals surface area contributed by atoms with Crippen LogP contribution in [0.4, 0.5) is 5.69 Å². The zero-order chi connectivity index (χ0) is 18.6. The number of carbonyl (C=O) groups is 3. The average Bonchev–Trinajstić information content (AvgIpc) is 2.53. The number of aryl methyl sites for hydroxylation is 1. The first-order chi connectivity index (χ1) is 11.7. The summed E-state index contributed by atoms with van der Waals surface area (Å²) in [5.74, 6) is -0.856. The Morgan fingerprint density at radius 1 is 1.32 bits per heavy atom. The van der Waals surface area contributed by atoms with Gasteiger partial charge in [0.15, 0.2) is 0 Å². The van der Waals surface area contributed by atoms with Gasteiger partial charge in [-0.1, -0.05) is 12.1 Å². The molecule has 1 aromatic carbocycles. The summed E-state index contributed by atoms with van der Waals surface area (Å²) < 4.78 is 10.6. The third-order valence-corrected chi connectivity index (χ3v) is 4.02. The minimum absolute atomic E-state index is 0.247. The monoisotopic (exact) mass is 348 g/mol. The van der Waals surface area contributed by atoms with Crippen LogP contribution in [0.1, 0.15) is 39.2 Å². The molecular formula is C18H24N2O5. The van der Waals surface area contributed by atoms with E-state index in [1.165, 1.54) is 14.0 Å². The van der Waals surface area contributed by atoms with E-state index < -0.39 is 23.8 Å². The van der Waals surface area contributed by atoms with Crippen LogP contribution in [0, 0.1) is 0 Å². The lowest BCUT2D eigenvalue weighted by molar-refractivity contribution is -0.142. The van der Waals surface area contributed by atoms with Crippen LogP contribution in [0.2, 0.25) is 0 Å². The number of para-hydroxylation sites is 1. The topological polar surface area (TPSA) is 93.7 Å². The van der Waals surface area contributed by atoms with Gasteiger partial charge in [0.25, 0.3) is 0 Å². The summed E-state index contributed by atoms with van der Waals surface area (Å²) in [4.78, 5) is 35.4. The van der Waals surface area contributed by atoms with Gasteiger partial charge in [0.1, 0.15) is 17.4 Å². The lowest BCUT2D eigenvalue weighted by atomic mass is 9.94. The minimum Gasteiger partial charge on any atom is -0.485 e. The third kappa shape index (κ3) is 4.95. The van der Waals surface area contributed by atoms with Crippen LogP contribution in [0.5, 0.6) is 5.75 Å². The Balaban J connectivity index is 2.21. The summed E-state index contributed by atoms with van der Waals surface area (Å²) in [6.07, 6.45) is 1.49. The SMILES string of the molecule is COC(=O)C[C@H](NC(C)=O)C(=O)Nc1cccc2c1OC(C)(C)CC2. The van der Waals surface area contributed by atoms with Crippen molar-refractivity contribution in [2.75, 3.05) is 12.4 Å². The van der Waals surface area contributed by atoms with Gasteiger partial charge in [-0.3, -0.25) is 14.4 Å². The van der Waals surface area contributed by atoms with Crippen molar-refractivity contribution in [1.29, 1.82) is 0 Å². The Hall–Kier alpha value is -2.57. The molecule has 0 saturated carbocycles. The Bertz CT molecular complexity index is 684. The van der Waals surface area contributed by atoms with E-state index in [0.717, 1.165) is 18.4 Å². The Labute approximate surface area is 147 Å². The highest BCUT2D eigenvalue weighted by atomic mass is 16.5. The zero-order valence-electron chi connectivity index (χ0n) is 15.0. The number of anilines is 1. The number of rotatable bonds is 5. The van der Waals surface area contributed by atoms with Gasteiger partial charge in [0.2, 0.25) is 11.8 Å². The fraction of sp³-hybridized carbons (Fsp3) is 0.500. The summed E-state index contributed by atoms with van der Waals surface area (Å²) in [6, 6.07) is 4.52. The van der Waals surface area contributed by atoms with Crippen molar-refractivity contribution in [2.45, 2.75) is 51.7 Å². The summed E-state index contributed by atoms with van der Waals surface area (Å²) >= 11 is 0. The van der Waals surface area contributed by atoms with Gasteiger partial charge in [-0.05, 0) is 38.3 Å². The van der Waals surface area contributed by atoms with Crippen LogP contribution in [-0.4, -0.2) is 36.5 Å². The molecule has 136 valence electrons. The molecule has 0 aromatic heterocycles. The van der Waals surface area contributed by atoms with Gasteiger partial charge < -0.3 is 20.1 Å². The van der Waals surface area contributed by atoms with E-state index >= 15 is 0 Å². The van der Waals surface area contributed by atoms with Gasteiger partial charge in [0.05, 0.1) is 19.2 Å². The van der Waals surface area contributed by atoms with Gasteiger partial charge in [-0.2, -0.15) is 0 Å². The van der Waals surface area contributed by atoms with Crippen LogP contribution in [0.25, 0.3) is 0 Å². The standard InChI is InChI=1S/C18H24N2O5/c1-11(21)19-14(10-15(22)24-4)17(23)20-13-7-5-6-12-8-9-18(2,3)25-16(12)13/h5-7,14H,8-10H2,1-4H3,(H,19,21)(H,20,23)/t14-/m0/s1. The molecule has 0 fully saturated rings. The van der Waals surface area contributed by atoms with E-state index in [-0.39, 0.29) is 12.0 Å². The number of benzene rings is 1. The van der Waals surface area contributed by atoms with Crippen molar-refractivity contribution < 1.29 is 23.9 Å². The molecule has 0 unspecified atom stereocenters. The summed E-state index contributed by atoms with van der Waals surface area (Å²) in [6.45, 7) is 5.27. The number of carbonyl (C=O) groups excluding carboxylic acids is 3. The van der Waals surface area contributed by atoms with Crippen LogP contribution in [0.15, 0.2) is 18.2 Å². The first-order valence-corrected chi connectivity index (χ1v) is 8.17. The lowest BCUT2D eigenvalue weighted by Gasteiger charge is -2.34. The number of hydrogen-bond acceptors (Lipinski definition) is 5. The maximum absolute atomic E-state index is 12.6. The van der Waals surface area contributed by atoms with Crippen LogP contribution in [-0.2, 0) is 25.5 Å². The maximum atomic E-state index is 12.6. The molecule has 1 aliphatic rings. The number of esters is 1. The van der Waals surface area contributed by atoms with Crippen molar-refractivity contribution in [3.63, 3.8) is 0 Å². The van der Waals surface area contributed by atoms with Crippen molar-refractivity contribution in [3.8, 4) is 5.75 Å². The molecular weight excluding hydrogens is 324 g/mol. The van der Waals surface area contributed by atoms with Gasteiger partial charge in [-0.25, -0.2) is 0 Å². The second-order valence-corrected chi connectivity index (χ2v) is 6.68. The van der Waals surface area contributed by atoms with E-state index in [9.17, 15) is 14.4 Å². The molecule has 0 saturated heterocycles. The highest BCUT2D eigenvalue weighted by Crippen LogP contribution is 2.38. The molecule has 0 spiro atoms. The molecule has 1 atom stereocenters. The smallest absolute Gasteiger partial charge is 0.308 e. The molecule has 2 N–H and O–H groups in total. The van der Waals surface area contributed by atoms with Crippen LogP contribution >= 0.6 is 0 Å². The third-order valence-electron chi connectivity index (χ3n) is 4.02. The van der Waals surface area contributed by atoms with Gasteiger partial charge in [0, 0.05) is 6.92 Å². The molecule has 1 aliphatic heterocycles. The second kappa shape index (κ2) is 7.55. The normalized spacial score (nSPS) is 16.0. The highest BCUT2D eigenvalue weighted by molar-refractivity contribution is 6.00. The van der Waals surface area contributed by atoms with Crippen LogP contribution in [0.3, 0.4) is 0 Å². The lowest BCUT2D eigenvalue weighted by Crippen LogP contribution is -2.44. The quantitative estimate of drug-likeness (QED) is 0.792. The molecule has 1 heterocycles. The molecule has 1 aromatic rings. The van der Waals surface area contributed by atoms with Crippen molar-refractivity contribution in [1.82, 2.24) is 5.32 Å². The summed E-state index contributed by atoms with van der Waals surface area (Å²) in [5, 5.41) is 5.23. The predicted octanol–water partition coefficient (Wildman–Crippen LogP) is 1.80. The Morgan fingerprint density at radius 3 is 2.68 bits per heavy atom. The largest absolute Gasteiger partial charge is 0.485 e. The van der Waals surface area contributed by atoms with Crippen LogP contribution < -0.4 is 15.4 Å². The Morgan fingerprint density at radius 2 is 2.04 bits per heavy atom. The molecule has 7 nitrogen and oxygen atoms in total. The minimum atomic E-state index is -1.02. The van der Waals surface area contributed by atoms with E-state index in [4.69, 9.17) is 4.74 Å². The number of ether oxygens (including phenoxy) is 2. The number of amides is 2. The first-order valence-electron chi connectivity index (χ1n) is 8.17. The van der Waals surface area contributed by atoms with Crippen molar-refractivity contribution in [2.24, 2.45) is 0 Å². The molecule has 7 heteroatoms. The fourth-order valence-electron chi connectivity index (χ4n) is 2.69.